The molecule has 106 valence electrons. The molecule has 0 fully saturated rings. The number of carbonyl (C=O) groups is 1. The molecule has 0 aliphatic rings. The van der Waals surface area contributed by atoms with Gasteiger partial charge in [0.15, 0.2) is 0 Å². The fourth-order valence-electron chi connectivity index (χ4n) is 1.72. The van der Waals surface area contributed by atoms with Crippen LogP contribution in [0, 0.1) is 5.92 Å². The van der Waals surface area contributed by atoms with Crippen LogP contribution < -0.4 is 5.73 Å². The first-order valence-electron chi connectivity index (χ1n) is 5.75. The third kappa shape index (κ3) is 3.45. The first-order valence-corrected chi connectivity index (χ1v) is 7.19. The lowest BCUT2D eigenvalue weighted by Crippen LogP contribution is -2.31. The zero-order valence-electron chi connectivity index (χ0n) is 11.1. The largest absolute Gasteiger partial charge is 0.478 e. The van der Waals surface area contributed by atoms with Crippen molar-refractivity contribution >= 4 is 21.7 Å². The van der Waals surface area contributed by atoms with Crippen molar-refractivity contribution in [1.29, 1.82) is 0 Å². The summed E-state index contributed by atoms with van der Waals surface area (Å²) in [5.41, 5.74) is 5.39. The third-order valence-corrected chi connectivity index (χ3v) is 4.43. The Morgan fingerprint density at radius 3 is 2.47 bits per heavy atom. The highest BCUT2D eigenvalue weighted by atomic mass is 32.2. The second-order valence-corrected chi connectivity index (χ2v) is 6.75. The molecule has 1 aromatic carbocycles. The monoisotopic (exact) mass is 286 g/mol. The zero-order valence-corrected chi connectivity index (χ0v) is 11.9. The number of hydrogen-bond acceptors (Lipinski definition) is 4. The van der Waals surface area contributed by atoms with E-state index >= 15 is 0 Å². The molecule has 0 atom stereocenters. The van der Waals surface area contributed by atoms with Gasteiger partial charge in [-0.1, -0.05) is 13.8 Å². The van der Waals surface area contributed by atoms with Crippen LogP contribution in [0.4, 0.5) is 5.69 Å². The minimum atomic E-state index is -3.83. The summed E-state index contributed by atoms with van der Waals surface area (Å²) in [7, 11) is -2.40. The SMILES string of the molecule is CC(C)CN(C)S(=O)(=O)c1ccc(N)cc1C(=O)O. The van der Waals surface area contributed by atoms with E-state index in [-0.39, 0.29) is 22.1 Å². The highest BCUT2D eigenvalue weighted by molar-refractivity contribution is 7.89. The molecule has 0 amide bonds. The molecule has 6 nitrogen and oxygen atoms in total. The van der Waals surface area contributed by atoms with E-state index in [2.05, 4.69) is 0 Å². The maximum Gasteiger partial charge on any atom is 0.337 e. The lowest BCUT2D eigenvalue weighted by Gasteiger charge is -2.20. The lowest BCUT2D eigenvalue weighted by atomic mass is 10.2. The number of nitrogens with zero attached hydrogens (tertiary/aromatic N) is 1. The molecule has 1 aromatic rings. The molecule has 0 saturated heterocycles. The van der Waals surface area contributed by atoms with Crippen LogP contribution in [0.1, 0.15) is 24.2 Å². The van der Waals surface area contributed by atoms with Crippen LogP contribution in [0.5, 0.6) is 0 Å². The number of anilines is 1. The number of benzene rings is 1. The number of carboxylic acids is 1. The van der Waals surface area contributed by atoms with E-state index in [0.29, 0.717) is 6.54 Å². The molecule has 0 spiro atoms. The Morgan fingerprint density at radius 2 is 2.00 bits per heavy atom. The van der Waals surface area contributed by atoms with E-state index in [1.807, 2.05) is 13.8 Å². The first kappa shape index (κ1) is 15.5. The molecule has 0 aromatic heterocycles. The van der Waals surface area contributed by atoms with Crippen LogP contribution >= 0.6 is 0 Å². The smallest absolute Gasteiger partial charge is 0.337 e. The Hall–Kier alpha value is -1.60. The van der Waals surface area contributed by atoms with Gasteiger partial charge in [0.25, 0.3) is 0 Å². The van der Waals surface area contributed by atoms with Gasteiger partial charge in [-0.05, 0) is 24.1 Å². The number of aromatic carboxylic acids is 1. The van der Waals surface area contributed by atoms with Crippen LogP contribution in [0.2, 0.25) is 0 Å². The van der Waals surface area contributed by atoms with Crippen molar-refractivity contribution < 1.29 is 18.3 Å². The molecule has 0 saturated carbocycles. The summed E-state index contributed by atoms with van der Waals surface area (Å²) in [6.07, 6.45) is 0. The highest BCUT2D eigenvalue weighted by Gasteiger charge is 2.27. The Morgan fingerprint density at radius 1 is 1.42 bits per heavy atom. The quantitative estimate of drug-likeness (QED) is 0.793. The molecule has 19 heavy (non-hydrogen) atoms. The van der Waals surface area contributed by atoms with E-state index in [9.17, 15) is 13.2 Å². The predicted molar refractivity (Wildman–Crippen MR) is 72.5 cm³/mol. The molecule has 0 radical (unpaired) electrons. The van der Waals surface area contributed by atoms with Gasteiger partial charge in [-0.2, -0.15) is 0 Å². The lowest BCUT2D eigenvalue weighted by molar-refractivity contribution is 0.0692. The Balaban J connectivity index is 3.33. The second kappa shape index (κ2) is 5.58. The van der Waals surface area contributed by atoms with Crippen LogP contribution in [0.3, 0.4) is 0 Å². The second-order valence-electron chi connectivity index (χ2n) is 4.74. The summed E-state index contributed by atoms with van der Waals surface area (Å²) in [6.45, 7) is 4.08. The number of hydrogen-bond donors (Lipinski definition) is 2. The van der Waals surface area contributed by atoms with Crippen molar-refractivity contribution in [3.8, 4) is 0 Å². The summed E-state index contributed by atoms with van der Waals surface area (Å²) in [4.78, 5) is 10.9. The van der Waals surface area contributed by atoms with Gasteiger partial charge in [-0.25, -0.2) is 17.5 Å². The summed E-state index contributed by atoms with van der Waals surface area (Å²) in [5, 5.41) is 9.08. The highest BCUT2D eigenvalue weighted by Crippen LogP contribution is 2.22. The Bertz CT molecular complexity index is 581. The van der Waals surface area contributed by atoms with Gasteiger partial charge in [0.2, 0.25) is 10.0 Å². The molecular weight excluding hydrogens is 268 g/mol. The Labute approximate surface area is 112 Å². The summed E-state index contributed by atoms with van der Waals surface area (Å²) >= 11 is 0. The predicted octanol–water partition coefficient (Wildman–Crippen LogP) is 1.24. The minimum Gasteiger partial charge on any atom is -0.478 e. The van der Waals surface area contributed by atoms with Crippen LogP contribution in [0.25, 0.3) is 0 Å². The summed E-state index contributed by atoms with van der Waals surface area (Å²) < 4.78 is 25.8. The molecule has 0 heterocycles. The number of rotatable bonds is 5. The van der Waals surface area contributed by atoms with Crippen molar-refractivity contribution in [2.45, 2.75) is 18.7 Å². The van der Waals surface area contributed by atoms with Crippen LogP contribution in [0.15, 0.2) is 23.1 Å². The van der Waals surface area contributed by atoms with Gasteiger partial charge in [0, 0.05) is 19.3 Å². The molecule has 3 N–H and O–H groups in total. The van der Waals surface area contributed by atoms with Crippen molar-refractivity contribution in [3.05, 3.63) is 23.8 Å². The number of carboxylic acid groups (broad SMARTS) is 1. The standard InChI is InChI=1S/C12H18N2O4S/c1-8(2)7-14(3)19(17,18)11-5-4-9(13)6-10(11)12(15)16/h4-6,8H,7,13H2,1-3H3,(H,15,16). The van der Waals surface area contributed by atoms with Gasteiger partial charge in [-0.3, -0.25) is 0 Å². The number of sulfonamides is 1. The fourth-order valence-corrected chi connectivity index (χ4v) is 3.21. The van der Waals surface area contributed by atoms with Crippen molar-refractivity contribution in [2.24, 2.45) is 5.92 Å². The molecule has 1 rings (SSSR count). The van der Waals surface area contributed by atoms with Crippen LogP contribution in [-0.4, -0.2) is 37.4 Å². The molecule has 0 unspecified atom stereocenters. The molecule has 0 aliphatic carbocycles. The molecule has 0 aliphatic heterocycles. The van der Waals surface area contributed by atoms with Crippen molar-refractivity contribution in [1.82, 2.24) is 4.31 Å². The molecular formula is C12H18N2O4S. The maximum absolute atomic E-state index is 12.3. The van der Waals surface area contributed by atoms with E-state index in [4.69, 9.17) is 10.8 Å². The Kier molecular flexibility index (Phi) is 4.54. The van der Waals surface area contributed by atoms with Gasteiger partial charge >= 0.3 is 5.97 Å². The average Bonchev–Trinajstić information content (AvgIpc) is 2.27. The summed E-state index contributed by atoms with van der Waals surface area (Å²) in [6, 6.07) is 3.76. The number of nitrogens with two attached hydrogens (primary N) is 1. The van der Waals surface area contributed by atoms with Gasteiger partial charge < -0.3 is 10.8 Å². The normalized spacial score (nSPS) is 12.1. The van der Waals surface area contributed by atoms with Gasteiger partial charge in [0.05, 0.1) is 10.5 Å². The molecule has 0 bridgehead atoms. The zero-order chi connectivity index (χ0) is 14.8. The maximum atomic E-state index is 12.3. The van der Waals surface area contributed by atoms with E-state index < -0.39 is 16.0 Å². The third-order valence-electron chi connectivity index (χ3n) is 2.54. The van der Waals surface area contributed by atoms with Gasteiger partial charge in [0.1, 0.15) is 0 Å². The van der Waals surface area contributed by atoms with Crippen molar-refractivity contribution in [2.75, 3.05) is 19.3 Å². The molecule has 7 heteroatoms. The first-order chi connectivity index (χ1) is 8.66. The summed E-state index contributed by atoms with van der Waals surface area (Å²) in [5.74, 6) is -1.18. The van der Waals surface area contributed by atoms with E-state index in [0.717, 1.165) is 10.4 Å². The minimum absolute atomic E-state index is 0.141. The number of nitrogen functional groups attached to an aromatic ring is 1. The fraction of sp³-hybridized carbons (Fsp3) is 0.417. The van der Waals surface area contributed by atoms with E-state index in [1.165, 1.54) is 19.2 Å². The van der Waals surface area contributed by atoms with Crippen LogP contribution in [-0.2, 0) is 10.0 Å². The van der Waals surface area contributed by atoms with E-state index in [1.54, 1.807) is 0 Å². The average molecular weight is 286 g/mol. The van der Waals surface area contributed by atoms with Crippen molar-refractivity contribution in [3.63, 3.8) is 0 Å². The van der Waals surface area contributed by atoms with Gasteiger partial charge in [-0.15, -0.1) is 0 Å². The topological polar surface area (TPSA) is 101 Å².